The van der Waals surface area contributed by atoms with Crippen LogP contribution in [0.3, 0.4) is 0 Å². The van der Waals surface area contributed by atoms with Crippen LogP contribution in [-0.4, -0.2) is 61.8 Å². The number of H-pyrrole nitrogens is 1. The minimum atomic E-state index is -4.88. The lowest BCUT2D eigenvalue weighted by Crippen LogP contribution is -2.39. The molecular weight excluding hydrogens is 531 g/mol. The van der Waals surface area contributed by atoms with Crippen LogP contribution in [0.4, 0.5) is 13.2 Å². The molecule has 0 aliphatic carbocycles. The van der Waals surface area contributed by atoms with E-state index in [4.69, 9.17) is 9.15 Å². The van der Waals surface area contributed by atoms with E-state index in [1.165, 1.54) is 24.1 Å². The zero-order valence-electron chi connectivity index (χ0n) is 21.0. The zero-order valence-corrected chi connectivity index (χ0v) is 21.0. The molecule has 6 rings (SSSR count). The van der Waals surface area contributed by atoms with Gasteiger partial charge in [0, 0.05) is 6.54 Å². The molecule has 2 N–H and O–H groups in total. The molecule has 206 valence electrons. The molecule has 0 radical (unpaired) electrons. The first kappa shape index (κ1) is 25.6. The molecular formula is C27H22F3N5O5. The minimum absolute atomic E-state index is 0.146. The summed E-state index contributed by atoms with van der Waals surface area (Å²) in [7, 11) is 1.42. The molecule has 0 saturated carbocycles. The van der Waals surface area contributed by atoms with Gasteiger partial charge in [0.2, 0.25) is 5.89 Å². The third-order valence-corrected chi connectivity index (χ3v) is 6.99. The number of benzene rings is 2. The van der Waals surface area contributed by atoms with Crippen molar-refractivity contribution in [3.63, 3.8) is 0 Å². The average molecular weight is 553 g/mol. The van der Waals surface area contributed by atoms with Gasteiger partial charge in [0.15, 0.2) is 16.7 Å². The number of ether oxygens (including phenoxy) is 1. The summed E-state index contributed by atoms with van der Waals surface area (Å²) in [5.41, 5.74) is -3.19. The summed E-state index contributed by atoms with van der Waals surface area (Å²) in [6.07, 6.45) is -3.75. The van der Waals surface area contributed by atoms with E-state index in [2.05, 4.69) is 15.1 Å². The van der Waals surface area contributed by atoms with E-state index >= 15 is 0 Å². The smallest absolute Gasteiger partial charge is 0.433 e. The Morgan fingerprint density at radius 3 is 2.62 bits per heavy atom. The Kier molecular flexibility index (Phi) is 6.10. The van der Waals surface area contributed by atoms with Gasteiger partial charge in [-0.25, -0.2) is 9.97 Å². The standard InChI is InChI=1S/C27H22F3N5O5/c1-39-16-10-5-11-17-20(16)32-24(40-17)19-21(26(38)34-12-6-9-15(34)13-36)31-23-18(14-7-3-2-4-8-14)22(27(28,29)30)33-35(23)25(19)37/h2-5,7-8,10-11,15,33,36H,6,9,12-13H2,1H3. The number of methoxy groups -OCH3 is 1. The number of aliphatic hydroxyl groups excluding tert-OH is 1. The van der Waals surface area contributed by atoms with E-state index in [9.17, 15) is 27.9 Å². The van der Waals surface area contributed by atoms with Gasteiger partial charge in [-0.2, -0.15) is 17.7 Å². The Balaban J connectivity index is 1.69. The Morgan fingerprint density at radius 2 is 1.93 bits per heavy atom. The number of halogens is 3. The van der Waals surface area contributed by atoms with Crippen molar-refractivity contribution >= 4 is 22.7 Å². The maximum Gasteiger partial charge on any atom is 0.433 e. The molecule has 1 unspecified atom stereocenters. The molecule has 10 nitrogen and oxygen atoms in total. The fourth-order valence-corrected chi connectivity index (χ4v) is 5.13. The van der Waals surface area contributed by atoms with Crippen molar-refractivity contribution in [3.8, 4) is 28.3 Å². The van der Waals surface area contributed by atoms with Gasteiger partial charge >= 0.3 is 6.18 Å². The fourth-order valence-electron chi connectivity index (χ4n) is 5.13. The van der Waals surface area contributed by atoms with E-state index in [-0.39, 0.29) is 46.9 Å². The van der Waals surface area contributed by atoms with Crippen molar-refractivity contribution in [1.29, 1.82) is 0 Å². The summed E-state index contributed by atoms with van der Waals surface area (Å²) < 4.78 is 54.5. The van der Waals surface area contributed by atoms with Gasteiger partial charge in [-0.15, -0.1) is 0 Å². The van der Waals surface area contributed by atoms with Crippen LogP contribution in [0.25, 0.3) is 39.3 Å². The highest BCUT2D eigenvalue weighted by Crippen LogP contribution is 2.39. The quantitative estimate of drug-likeness (QED) is 0.335. The normalized spacial score (nSPS) is 15.8. The monoisotopic (exact) mass is 553 g/mol. The third-order valence-electron chi connectivity index (χ3n) is 6.99. The fraction of sp³-hybridized carbons (Fsp3) is 0.259. The summed E-state index contributed by atoms with van der Waals surface area (Å²) in [6, 6.07) is 12.0. The van der Waals surface area contributed by atoms with Crippen LogP contribution >= 0.6 is 0 Å². The molecule has 2 aromatic carbocycles. The number of hydrogen-bond donors (Lipinski definition) is 2. The number of carbonyl (C=O) groups excluding carboxylic acids is 1. The number of aromatic amines is 1. The van der Waals surface area contributed by atoms with E-state index < -0.39 is 40.6 Å². The van der Waals surface area contributed by atoms with Gasteiger partial charge in [-0.3, -0.25) is 14.7 Å². The van der Waals surface area contributed by atoms with Crippen LogP contribution < -0.4 is 10.3 Å². The lowest BCUT2D eigenvalue weighted by Gasteiger charge is -2.23. The number of hydrogen-bond acceptors (Lipinski definition) is 7. The number of aromatic nitrogens is 4. The second-order valence-corrected chi connectivity index (χ2v) is 9.33. The largest absolute Gasteiger partial charge is 0.494 e. The number of nitrogens with one attached hydrogen (secondary N) is 1. The molecule has 1 aliphatic rings. The second kappa shape index (κ2) is 9.52. The van der Waals surface area contributed by atoms with Crippen LogP contribution in [0.5, 0.6) is 5.75 Å². The van der Waals surface area contributed by atoms with Crippen LogP contribution in [0.2, 0.25) is 0 Å². The molecule has 40 heavy (non-hydrogen) atoms. The Labute approximate surface area is 223 Å². The number of alkyl halides is 3. The molecule has 5 aromatic rings. The van der Waals surface area contributed by atoms with Gasteiger partial charge in [0.25, 0.3) is 11.5 Å². The number of carbonyl (C=O) groups is 1. The molecule has 13 heteroatoms. The number of rotatable bonds is 5. The topological polar surface area (TPSA) is 126 Å². The maximum absolute atomic E-state index is 14.2. The van der Waals surface area contributed by atoms with Crippen LogP contribution in [-0.2, 0) is 6.18 Å². The number of para-hydroxylation sites is 1. The van der Waals surface area contributed by atoms with Crippen LogP contribution in [0, 0.1) is 0 Å². The van der Waals surface area contributed by atoms with Gasteiger partial charge in [-0.1, -0.05) is 36.4 Å². The SMILES string of the molecule is COc1cccc2oc(-c3c(C(=O)N4CCCC4CO)nc4c(-c5ccccc5)c(C(F)(F)F)[nH]n4c3=O)nc12. The number of oxazole rings is 1. The van der Waals surface area contributed by atoms with E-state index in [0.717, 1.165) is 0 Å². The molecule has 1 atom stereocenters. The van der Waals surface area contributed by atoms with Crippen molar-refractivity contribution in [2.24, 2.45) is 0 Å². The summed E-state index contributed by atoms with van der Waals surface area (Å²) in [5, 5.41) is 12.0. The van der Waals surface area contributed by atoms with Gasteiger partial charge < -0.3 is 19.2 Å². The Bertz CT molecular complexity index is 1810. The average Bonchev–Trinajstić information content (AvgIpc) is 3.69. The summed E-state index contributed by atoms with van der Waals surface area (Å²) in [4.78, 5) is 37.9. The van der Waals surface area contributed by atoms with Crippen molar-refractivity contribution < 1.29 is 32.2 Å². The van der Waals surface area contributed by atoms with Crippen molar-refractivity contribution in [3.05, 3.63) is 70.3 Å². The lowest BCUT2D eigenvalue weighted by molar-refractivity contribution is -0.140. The van der Waals surface area contributed by atoms with E-state index in [1.54, 1.807) is 36.4 Å². The summed E-state index contributed by atoms with van der Waals surface area (Å²) >= 11 is 0. The number of amides is 1. The predicted molar refractivity (Wildman–Crippen MR) is 137 cm³/mol. The number of aliphatic hydroxyl groups is 1. The molecule has 1 aliphatic heterocycles. The Morgan fingerprint density at radius 1 is 1.15 bits per heavy atom. The van der Waals surface area contributed by atoms with Gasteiger partial charge in [-0.05, 0) is 30.5 Å². The number of likely N-dealkylation sites (tertiary alicyclic amines) is 1. The molecule has 1 amide bonds. The van der Waals surface area contributed by atoms with E-state index in [1.807, 2.05) is 0 Å². The van der Waals surface area contributed by atoms with E-state index in [0.29, 0.717) is 23.1 Å². The van der Waals surface area contributed by atoms with Crippen LogP contribution in [0.1, 0.15) is 29.0 Å². The van der Waals surface area contributed by atoms with Gasteiger partial charge in [0.1, 0.15) is 22.7 Å². The number of nitrogens with zero attached hydrogens (tertiary/aromatic N) is 4. The highest BCUT2D eigenvalue weighted by molar-refractivity contribution is 6.00. The maximum atomic E-state index is 14.2. The highest BCUT2D eigenvalue weighted by atomic mass is 19.4. The van der Waals surface area contributed by atoms with Gasteiger partial charge in [0.05, 0.1) is 25.3 Å². The molecule has 1 fully saturated rings. The first-order chi connectivity index (χ1) is 19.2. The minimum Gasteiger partial charge on any atom is -0.494 e. The zero-order chi connectivity index (χ0) is 28.2. The lowest BCUT2D eigenvalue weighted by atomic mass is 10.1. The molecule has 4 heterocycles. The first-order valence-electron chi connectivity index (χ1n) is 12.4. The molecule has 0 spiro atoms. The summed E-state index contributed by atoms with van der Waals surface area (Å²) in [5.74, 6) is -0.701. The highest BCUT2D eigenvalue weighted by Gasteiger charge is 2.40. The predicted octanol–water partition coefficient (Wildman–Crippen LogP) is 4.12. The van der Waals surface area contributed by atoms with Crippen molar-refractivity contribution in [2.45, 2.75) is 25.1 Å². The van der Waals surface area contributed by atoms with Crippen LogP contribution in [0.15, 0.2) is 57.7 Å². The first-order valence-corrected chi connectivity index (χ1v) is 12.4. The summed E-state index contributed by atoms with van der Waals surface area (Å²) in [6.45, 7) is -0.0432. The second-order valence-electron chi connectivity index (χ2n) is 9.33. The van der Waals surface area contributed by atoms with Crippen molar-refractivity contribution in [1.82, 2.24) is 24.5 Å². The van der Waals surface area contributed by atoms with Crippen molar-refractivity contribution in [2.75, 3.05) is 20.3 Å². The molecule has 3 aromatic heterocycles. The Hall–Kier alpha value is -4.65. The number of fused-ring (bicyclic) bond motifs is 2. The molecule has 1 saturated heterocycles. The molecule has 0 bridgehead atoms. The third kappa shape index (κ3) is 4.01.